The molecule has 0 bridgehead atoms. The number of halogens is 3. The van der Waals surface area contributed by atoms with Gasteiger partial charge in [-0.2, -0.15) is 0 Å². The molecule has 4 heterocycles. The first-order chi connectivity index (χ1) is 38.8. The monoisotopic (exact) mass is 1130 g/mol. The van der Waals surface area contributed by atoms with E-state index in [0.29, 0.717) is 63.0 Å². The van der Waals surface area contributed by atoms with Crippen molar-refractivity contribution in [1.29, 1.82) is 0 Å². The summed E-state index contributed by atoms with van der Waals surface area (Å²) in [4.78, 5) is 77.6. The number of H-pyrrole nitrogens is 1. The number of rotatable bonds is 9. The number of benzene rings is 6. The number of hydrogen-bond acceptors (Lipinski definition) is 12. The van der Waals surface area contributed by atoms with E-state index in [9.17, 15) is 43.0 Å². The van der Waals surface area contributed by atoms with Gasteiger partial charge in [-0.1, -0.05) is 102 Å². The average Bonchev–Trinajstić information content (AvgIpc) is 2.81. The molecule has 82 heavy (non-hydrogen) atoms. The maximum Gasteiger partial charge on any atom is 0.586 e. The number of ether oxygens (including phenoxy) is 3. The van der Waals surface area contributed by atoms with Crippen molar-refractivity contribution in [2.24, 2.45) is 0 Å². The van der Waals surface area contributed by atoms with Crippen LogP contribution in [-0.2, 0) is 25.8 Å². The lowest BCUT2D eigenvalue weighted by Crippen LogP contribution is -2.28. The van der Waals surface area contributed by atoms with Gasteiger partial charge in [0.25, 0.3) is 5.91 Å². The summed E-state index contributed by atoms with van der Waals surface area (Å²) in [7, 11) is 0. The molecule has 9 aromatic rings. The molecule has 1 aliphatic heterocycles. The number of fused-ring (bicyclic) bond motifs is 3. The summed E-state index contributed by atoms with van der Waals surface area (Å²) in [5.74, 6) is -2.41. The first-order valence-electron chi connectivity index (χ1n) is 26.0. The fourth-order valence-corrected chi connectivity index (χ4v) is 9.97. The Bertz CT molecular complexity index is 4160. The highest BCUT2D eigenvalue weighted by Gasteiger charge is 2.53. The molecule has 0 unspecified atom stereocenters. The third-order valence-electron chi connectivity index (χ3n) is 14.2. The molecule has 0 saturated heterocycles. The van der Waals surface area contributed by atoms with Crippen LogP contribution in [0.15, 0.2) is 151 Å². The minimum absolute atomic E-state index is 0.0305. The summed E-state index contributed by atoms with van der Waals surface area (Å²) in [5, 5.41) is 27.4. The Labute approximate surface area is 473 Å². The Kier molecular flexibility index (Phi) is 14.4. The number of carbonyl (C=O) groups is 4. The Morgan fingerprint density at radius 2 is 1.44 bits per heavy atom. The Morgan fingerprint density at radius 3 is 2.16 bits per heavy atom. The number of para-hydroxylation sites is 1. The van der Waals surface area contributed by atoms with Crippen LogP contribution in [0.4, 0.5) is 20.3 Å². The smallest absolute Gasteiger partial charge is 0.508 e. The molecule has 5 N–H and O–H groups in total. The minimum atomic E-state index is -3.77. The van der Waals surface area contributed by atoms with Crippen molar-refractivity contribution in [2.45, 2.75) is 83.8 Å². The number of amides is 2. The van der Waals surface area contributed by atoms with Crippen LogP contribution >= 0.6 is 11.6 Å². The Morgan fingerprint density at radius 1 is 0.720 bits per heavy atom. The van der Waals surface area contributed by atoms with Gasteiger partial charge in [0.05, 0.1) is 38.5 Å². The first-order valence-corrected chi connectivity index (χ1v) is 26.4. The number of hydrogen-bond donors (Lipinski definition) is 5. The molecule has 3 aromatic heterocycles. The van der Waals surface area contributed by atoms with E-state index >= 15 is 0 Å². The largest absolute Gasteiger partial charge is 0.586 e. The van der Waals surface area contributed by atoms with Crippen molar-refractivity contribution in [1.82, 2.24) is 15.0 Å². The van der Waals surface area contributed by atoms with Crippen LogP contribution < -0.4 is 25.5 Å². The number of phenolic OH excluding ortho intramolecular Hbond substituents is 2. The van der Waals surface area contributed by atoms with Gasteiger partial charge in [-0.3, -0.25) is 14.4 Å². The van der Waals surface area contributed by atoms with Crippen LogP contribution in [-0.4, -0.2) is 55.2 Å². The molecule has 2 amide bonds. The summed E-state index contributed by atoms with van der Waals surface area (Å²) in [6.45, 7) is 14.0. The van der Waals surface area contributed by atoms with Crippen molar-refractivity contribution < 1.29 is 52.4 Å². The fraction of sp³-hybridized carbons (Fsp3) is 0.203. The van der Waals surface area contributed by atoms with Crippen LogP contribution in [0, 0.1) is 6.92 Å². The number of carbonyl (C=O) groups excluding carboxylic acids is 4. The molecule has 416 valence electrons. The van der Waals surface area contributed by atoms with Gasteiger partial charge in [-0.25, -0.2) is 19.6 Å². The van der Waals surface area contributed by atoms with E-state index in [1.807, 2.05) is 60.6 Å². The number of aryl methyl sites for hydroxylation is 1. The summed E-state index contributed by atoms with van der Waals surface area (Å²) in [6, 6.07) is 37.6. The lowest BCUT2D eigenvalue weighted by Gasteiger charge is -2.28. The Balaban J connectivity index is 0.000000220. The van der Waals surface area contributed by atoms with Gasteiger partial charge in [-0.05, 0) is 138 Å². The van der Waals surface area contributed by atoms with E-state index in [1.165, 1.54) is 48.7 Å². The van der Waals surface area contributed by atoms with Crippen molar-refractivity contribution in [3.05, 3.63) is 200 Å². The van der Waals surface area contributed by atoms with Crippen LogP contribution in [0.2, 0.25) is 5.02 Å². The van der Waals surface area contributed by atoms with Gasteiger partial charge in [0.2, 0.25) is 11.3 Å². The molecule has 0 spiro atoms. The lowest BCUT2D eigenvalue weighted by atomic mass is 9.79. The molecule has 2 aliphatic rings. The van der Waals surface area contributed by atoms with Gasteiger partial charge in [0.1, 0.15) is 22.9 Å². The lowest BCUT2D eigenvalue weighted by molar-refractivity contribution is -0.286. The maximum absolute atomic E-state index is 13.6. The number of anilines is 2. The number of phenols is 2. The number of aromatic hydroxyl groups is 2. The SMILES string of the molecule is CC(C)(C)c1cc(C(C)(C)C)c(NC(=O)c2c[nH]c3ccccc3c2=O)cc1O.Cc1ccc(NC(=O)C2(c3ccc4c(c3)OC(F)(F)O4)CC2)nc1-c1cccc(C(=O)OC(=O)c2ccc(-c3ccc4cc(O)ccc4n3)c(Cl)c2)c1. The third kappa shape index (κ3) is 11.5. The van der Waals surface area contributed by atoms with Gasteiger partial charge < -0.3 is 40.0 Å². The first kappa shape index (κ1) is 55.8. The van der Waals surface area contributed by atoms with Crippen molar-refractivity contribution in [3.63, 3.8) is 0 Å². The fourth-order valence-electron chi connectivity index (χ4n) is 9.69. The van der Waals surface area contributed by atoms with Crippen LogP contribution in [0.3, 0.4) is 0 Å². The predicted molar refractivity (Wildman–Crippen MR) is 308 cm³/mol. The summed E-state index contributed by atoms with van der Waals surface area (Å²) in [6.07, 6.45) is -1.33. The number of aromatic nitrogens is 3. The van der Waals surface area contributed by atoms with E-state index in [0.717, 1.165) is 22.1 Å². The summed E-state index contributed by atoms with van der Waals surface area (Å²) < 4.78 is 41.4. The number of nitrogens with one attached hydrogen (secondary N) is 3. The van der Waals surface area contributed by atoms with Crippen molar-refractivity contribution >= 4 is 68.7 Å². The van der Waals surface area contributed by atoms with Crippen LogP contribution in [0.5, 0.6) is 23.0 Å². The van der Waals surface area contributed by atoms with Crippen LogP contribution in [0.25, 0.3) is 44.3 Å². The topological polar surface area (TPSA) is 219 Å². The summed E-state index contributed by atoms with van der Waals surface area (Å²) >= 11 is 6.53. The number of esters is 2. The standard InChI is InChI=1S/C40H26ClF2N3O7.C24H28N2O3/c1-21-5-14-34(46-38(50)39(15-16-39)26-8-13-32-33(20-26)53-40(42,43)52-32)45-35(21)23-3-2-4-24(17-23)36(48)51-37(49)25-6-10-28(29(41)19-25)31-11-7-22-18-27(47)9-12-30(22)44-31;1-23(2,3)16-11-17(24(4,5)6)20(27)12-19(16)26-22(29)15-13-25-18-10-8-7-9-14(18)21(15)28/h2-14,17-20,47H,15-16H2,1H3,(H,45,46,50);7-13,27H,1-6H3,(H,25,28)(H,26,29). The molecule has 1 fully saturated rings. The zero-order chi connectivity index (χ0) is 58.6. The zero-order valence-electron chi connectivity index (χ0n) is 45.5. The number of alkyl halides is 2. The average molecular weight is 1130 g/mol. The van der Waals surface area contributed by atoms with E-state index in [2.05, 4.69) is 35.1 Å². The van der Waals surface area contributed by atoms with Gasteiger partial charge >= 0.3 is 18.2 Å². The second-order valence-electron chi connectivity index (χ2n) is 22.2. The van der Waals surface area contributed by atoms with E-state index in [-0.39, 0.29) is 72.7 Å². The van der Waals surface area contributed by atoms with Crippen molar-refractivity contribution in [3.8, 4) is 45.5 Å². The van der Waals surface area contributed by atoms with Crippen molar-refractivity contribution in [2.75, 3.05) is 10.6 Å². The third-order valence-corrected chi connectivity index (χ3v) is 14.5. The molecule has 1 aliphatic carbocycles. The molecule has 11 rings (SSSR count). The molecule has 1 saturated carbocycles. The van der Waals surface area contributed by atoms with E-state index < -0.39 is 29.6 Å². The van der Waals surface area contributed by atoms with E-state index in [1.54, 1.807) is 84.9 Å². The molecule has 6 aromatic carbocycles. The van der Waals surface area contributed by atoms with Gasteiger partial charge in [-0.15, -0.1) is 8.78 Å². The summed E-state index contributed by atoms with van der Waals surface area (Å²) in [5.41, 5.74) is 5.30. The number of pyridine rings is 3. The number of nitrogens with zero attached hydrogens (tertiary/aromatic N) is 2. The normalized spacial score (nSPS) is 13.9. The van der Waals surface area contributed by atoms with Crippen LogP contribution in [0.1, 0.15) is 108 Å². The highest BCUT2D eigenvalue weighted by Crippen LogP contribution is 2.52. The second kappa shape index (κ2) is 21.2. The molecule has 15 nitrogen and oxygen atoms in total. The highest BCUT2D eigenvalue weighted by atomic mass is 35.5. The predicted octanol–water partition coefficient (Wildman–Crippen LogP) is 13.7. The van der Waals surface area contributed by atoms with E-state index in [4.69, 9.17) is 16.3 Å². The molecular formula is C64H54ClF2N5O10. The second-order valence-corrected chi connectivity index (χ2v) is 22.6. The van der Waals surface area contributed by atoms with Gasteiger partial charge in [0, 0.05) is 45.4 Å². The van der Waals surface area contributed by atoms with Gasteiger partial charge in [0.15, 0.2) is 11.5 Å². The molecular weight excluding hydrogens is 1070 g/mol. The highest BCUT2D eigenvalue weighted by molar-refractivity contribution is 6.33. The zero-order valence-corrected chi connectivity index (χ0v) is 46.2. The number of aromatic amines is 1. The quantitative estimate of drug-likeness (QED) is 0.0673. The molecule has 18 heteroatoms. The molecule has 0 radical (unpaired) electrons. The maximum atomic E-state index is 13.6. The minimum Gasteiger partial charge on any atom is -0.508 e. The molecule has 0 atom stereocenters. The Hall–Kier alpha value is -9.48.